The number of amides is 1. The summed E-state index contributed by atoms with van der Waals surface area (Å²) in [5.41, 5.74) is 6.40. The second kappa shape index (κ2) is 4.03. The topological polar surface area (TPSA) is 43.1 Å². The highest BCUT2D eigenvalue weighted by atomic mass is 19.1. The Morgan fingerprint density at radius 1 is 1.54 bits per heavy atom. The third-order valence-electron chi connectivity index (χ3n) is 1.90. The quantitative estimate of drug-likeness (QED) is 0.755. The van der Waals surface area contributed by atoms with E-state index in [-0.39, 0.29) is 18.1 Å². The fraction of sp³-hybridized carbons (Fsp3) is 0.300. The van der Waals surface area contributed by atoms with Gasteiger partial charge in [-0.25, -0.2) is 4.39 Å². The van der Waals surface area contributed by atoms with Crippen LogP contribution in [-0.4, -0.2) is 5.91 Å². The van der Waals surface area contributed by atoms with Crippen LogP contribution in [0, 0.1) is 12.7 Å². The van der Waals surface area contributed by atoms with Crippen molar-refractivity contribution >= 4 is 5.91 Å². The Morgan fingerprint density at radius 2 is 2.23 bits per heavy atom. The van der Waals surface area contributed by atoms with Gasteiger partial charge in [0.2, 0.25) is 5.91 Å². The zero-order valence-electron chi connectivity index (χ0n) is 7.51. The van der Waals surface area contributed by atoms with E-state index in [1.165, 1.54) is 6.07 Å². The molecule has 13 heavy (non-hydrogen) atoms. The van der Waals surface area contributed by atoms with Gasteiger partial charge in [0.05, 0.1) is 0 Å². The van der Waals surface area contributed by atoms with Gasteiger partial charge in [0, 0.05) is 6.42 Å². The minimum absolute atomic E-state index is 0.234. The summed E-state index contributed by atoms with van der Waals surface area (Å²) < 4.78 is 13.0. The lowest BCUT2D eigenvalue weighted by atomic mass is 10.1. The molecule has 1 aromatic carbocycles. The van der Waals surface area contributed by atoms with Gasteiger partial charge in [-0.1, -0.05) is 12.1 Å². The number of hydrogen-bond donors (Lipinski definition) is 1. The van der Waals surface area contributed by atoms with E-state index in [0.717, 1.165) is 5.56 Å². The van der Waals surface area contributed by atoms with Crippen molar-refractivity contribution in [2.45, 2.75) is 19.8 Å². The van der Waals surface area contributed by atoms with Crippen LogP contribution in [0.25, 0.3) is 0 Å². The summed E-state index contributed by atoms with van der Waals surface area (Å²) in [5.74, 6) is -0.594. The zero-order valence-corrected chi connectivity index (χ0v) is 7.51. The van der Waals surface area contributed by atoms with Crippen molar-refractivity contribution in [3.8, 4) is 0 Å². The predicted molar refractivity (Wildman–Crippen MR) is 48.7 cm³/mol. The van der Waals surface area contributed by atoms with Crippen molar-refractivity contribution in [2.24, 2.45) is 5.73 Å². The number of carbonyl (C=O) groups is 1. The summed E-state index contributed by atoms with van der Waals surface area (Å²) in [7, 11) is 0. The van der Waals surface area contributed by atoms with Crippen LogP contribution in [0.2, 0.25) is 0 Å². The molecule has 0 aliphatic carbocycles. The predicted octanol–water partition coefficient (Wildman–Crippen LogP) is 1.55. The lowest BCUT2D eigenvalue weighted by molar-refractivity contribution is -0.117. The van der Waals surface area contributed by atoms with Gasteiger partial charge in [-0.05, 0) is 30.5 Å². The molecule has 0 heterocycles. The molecule has 0 fully saturated rings. The van der Waals surface area contributed by atoms with Crippen LogP contribution in [0.15, 0.2) is 18.2 Å². The van der Waals surface area contributed by atoms with Crippen molar-refractivity contribution in [1.82, 2.24) is 0 Å². The second-order valence-corrected chi connectivity index (χ2v) is 3.05. The molecule has 70 valence electrons. The third kappa shape index (κ3) is 2.86. The van der Waals surface area contributed by atoms with Gasteiger partial charge in [-0.2, -0.15) is 0 Å². The highest BCUT2D eigenvalue weighted by Crippen LogP contribution is 2.10. The number of hydrogen-bond acceptors (Lipinski definition) is 1. The third-order valence-corrected chi connectivity index (χ3v) is 1.90. The summed E-state index contributed by atoms with van der Waals surface area (Å²) in [6.45, 7) is 1.70. The maximum atomic E-state index is 13.0. The Labute approximate surface area is 76.6 Å². The number of benzene rings is 1. The number of carbonyl (C=O) groups excluding carboxylic acids is 1. The molecule has 0 spiro atoms. The van der Waals surface area contributed by atoms with E-state index in [0.29, 0.717) is 12.0 Å². The Bertz CT molecular complexity index is 323. The van der Waals surface area contributed by atoms with E-state index < -0.39 is 0 Å². The molecule has 2 N–H and O–H groups in total. The second-order valence-electron chi connectivity index (χ2n) is 3.05. The number of rotatable bonds is 3. The molecule has 0 aliphatic heterocycles. The maximum Gasteiger partial charge on any atom is 0.217 e. The molecule has 0 aliphatic rings. The maximum absolute atomic E-state index is 13.0. The van der Waals surface area contributed by atoms with Crippen molar-refractivity contribution in [1.29, 1.82) is 0 Å². The normalized spacial score (nSPS) is 10.0. The highest BCUT2D eigenvalue weighted by Gasteiger charge is 2.00. The van der Waals surface area contributed by atoms with E-state index >= 15 is 0 Å². The highest BCUT2D eigenvalue weighted by molar-refractivity contribution is 5.73. The van der Waals surface area contributed by atoms with E-state index in [2.05, 4.69) is 0 Å². The van der Waals surface area contributed by atoms with E-state index in [1.54, 1.807) is 19.1 Å². The molecular formula is C10H12FNO. The van der Waals surface area contributed by atoms with Crippen LogP contribution in [-0.2, 0) is 11.2 Å². The van der Waals surface area contributed by atoms with Crippen molar-refractivity contribution < 1.29 is 9.18 Å². The first kappa shape index (κ1) is 9.71. The summed E-state index contributed by atoms with van der Waals surface area (Å²) in [6.07, 6.45) is 0.773. The number of nitrogens with two attached hydrogens (primary N) is 1. The van der Waals surface area contributed by atoms with E-state index in [9.17, 15) is 9.18 Å². The standard InChI is InChI=1S/C10H12FNO/c1-7-2-3-8(6-9(7)11)4-5-10(12)13/h2-3,6H,4-5H2,1H3,(H2,12,13). The molecule has 1 amide bonds. The van der Waals surface area contributed by atoms with Crippen LogP contribution < -0.4 is 5.73 Å². The average Bonchev–Trinajstić information content (AvgIpc) is 2.07. The number of halogens is 1. The van der Waals surface area contributed by atoms with Crippen LogP contribution in [0.3, 0.4) is 0 Å². The summed E-state index contributed by atoms with van der Waals surface area (Å²) in [5, 5.41) is 0. The first-order valence-corrected chi connectivity index (χ1v) is 4.13. The molecule has 0 aromatic heterocycles. The summed E-state index contributed by atoms with van der Waals surface area (Å²) in [4.78, 5) is 10.5. The molecule has 0 unspecified atom stereocenters. The molecule has 0 atom stereocenters. The molecule has 0 bridgehead atoms. The fourth-order valence-corrected chi connectivity index (χ4v) is 1.06. The lowest BCUT2D eigenvalue weighted by Crippen LogP contribution is -2.11. The minimum Gasteiger partial charge on any atom is -0.370 e. The smallest absolute Gasteiger partial charge is 0.217 e. The Kier molecular flexibility index (Phi) is 3.01. The fourth-order valence-electron chi connectivity index (χ4n) is 1.06. The lowest BCUT2D eigenvalue weighted by Gasteiger charge is -2.01. The van der Waals surface area contributed by atoms with Crippen molar-refractivity contribution in [3.05, 3.63) is 35.1 Å². The van der Waals surface area contributed by atoms with Crippen molar-refractivity contribution in [3.63, 3.8) is 0 Å². The van der Waals surface area contributed by atoms with Crippen LogP contribution in [0.5, 0.6) is 0 Å². The van der Waals surface area contributed by atoms with Crippen LogP contribution in [0.4, 0.5) is 4.39 Å². The molecule has 1 aromatic rings. The van der Waals surface area contributed by atoms with Gasteiger partial charge in [0.25, 0.3) is 0 Å². The molecule has 0 radical (unpaired) electrons. The molecule has 2 nitrogen and oxygen atoms in total. The van der Waals surface area contributed by atoms with Gasteiger partial charge >= 0.3 is 0 Å². The number of aryl methyl sites for hydroxylation is 2. The first-order chi connectivity index (χ1) is 6.09. The van der Waals surface area contributed by atoms with E-state index in [4.69, 9.17) is 5.73 Å². The summed E-state index contributed by atoms with van der Waals surface area (Å²) >= 11 is 0. The number of primary amides is 1. The average molecular weight is 181 g/mol. The molecule has 1 rings (SSSR count). The van der Waals surface area contributed by atoms with Gasteiger partial charge in [0.1, 0.15) is 5.82 Å². The van der Waals surface area contributed by atoms with Gasteiger partial charge in [0.15, 0.2) is 0 Å². The van der Waals surface area contributed by atoms with Gasteiger partial charge in [-0.15, -0.1) is 0 Å². The SMILES string of the molecule is Cc1ccc(CCC(N)=O)cc1F. The Balaban J connectivity index is 2.68. The van der Waals surface area contributed by atoms with E-state index in [1.807, 2.05) is 0 Å². The monoisotopic (exact) mass is 181 g/mol. The Morgan fingerprint density at radius 3 is 2.77 bits per heavy atom. The summed E-state index contributed by atoms with van der Waals surface area (Å²) in [6, 6.07) is 4.95. The molecule has 3 heteroatoms. The van der Waals surface area contributed by atoms with Gasteiger partial charge in [-0.3, -0.25) is 4.79 Å². The molecular weight excluding hydrogens is 169 g/mol. The molecule has 0 saturated heterocycles. The van der Waals surface area contributed by atoms with Crippen LogP contribution >= 0.6 is 0 Å². The zero-order chi connectivity index (χ0) is 9.84. The van der Waals surface area contributed by atoms with Crippen LogP contribution in [0.1, 0.15) is 17.5 Å². The Hall–Kier alpha value is -1.38. The molecule has 0 saturated carbocycles. The van der Waals surface area contributed by atoms with Gasteiger partial charge < -0.3 is 5.73 Å². The largest absolute Gasteiger partial charge is 0.370 e. The van der Waals surface area contributed by atoms with Crippen molar-refractivity contribution in [2.75, 3.05) is 0 Å². The minimum atomic E-state index is -0.360. The first-order valence-electron chi connectivity index (χ1n) is 4.13.